The molecule has 0 spiro atoms. The minimum Gasteiger partial charge on any atom is -0.316 e. The highest BCUT2D eigenvalue weighted by Crippen LogP contribution is 2.29. The first-order valence-corrected chi connectivity index (χ1v) is 5.74. The largest absolute Gasteiger partial charge is 0.316 e. The Hall–Kier alpha value is -0.0800. The van der Waals surface area contributed by atoms with E-state index in [-0.39, 0.29) is 0 Å². The van der Waals surface area contributed by atoms with Crippen molar-refractivity contribution in [3.8, 4) is 0 Å². The molecule has 2 fully saturated rings. The van der Waals surface area contributed by atoms with Crippen LogP contribution >= 0.6 is 0 Å². The maximum atomic E-state index is 3.43. The molecule has 2 rings (SSSR count). The molecule has 0 aromatic heterocycles. The van der Waals surface area contributed by atoms with Gasteiger partial charge in [-0.3, -0.25) is 0 Å². The molecule has 0 aromatic rings. The predicted octanol–water partition coefficient (Wildman–Crippen LogP) is 1.33. The van der Waals surface area contributed by atoms with Crippen molar-refractivity contribution in [1.29, 1.82) is 0 Å². The Balaban J connectivity index is 1.54. The molecule has 2 aliphatic rings. The van der Waals surface area contributed by atoms with Gasteiger partial charge in [-0.1, -0.05) is 0 Å². The van der Waals surface area contributed by atoms with Gasteiger partial charge >= 0.3 is 0 Å². The summed E-state index contributed by atoms with van der Waals surface area (Å²) < 4.78 is 0. The second kappa shape index (κ2) is 4.43. The van der Waals surface area contributed by atoms with Crippen LogP contribution in [0, 0.1) is 11.8 Å². The van der Waals surface area contributed by atoms with Crippen LogP contribution in [0.15, 0.2) is 0 Å². The van der Waals surface area contributed by atoms with Crippen molar-refractivity contribution >= 4 is 0 Å². The van der Waals surface area contributed by atoms with E-state index in [1.807, 2.05) is 0 Å². The summed E-state index contributed by atoms with van der Waals surface area (Å²) in [7, 11) is 2.28. The van der Waals surface area contributed by atoms with Gasteiger partial charge in [0, 0.05) is 6.54 Å². The van der Waals surface area contributed by atoms with E-state index < -0.39 is 0 Å². The van der Waals surface area contributed by atoms with Gasteiger partial charge in [0.1, 0.15) is 0 Å². The molecule has 1 saturated heterocycles. The molecule has 1 heterocycles. The molecule has 1 N–H and O–H groups in total. The molecule has 1 atom stereocenters. The van der Waals surface area contributed by atoms with Crippen LogP contribution in [0.1, 0.15) is 25.7 Å². The molecular weight excluding hydrogens is 160 g/mol. The summed E-state index contributed by atoms with van der Waals surface area (Å²) in [6, 6.07) is 0. The first-order valence-electron chi connectivity index (χ1n) is 5.74. The fourth-order valence-electron chi connectivity index (χ4n) is 2.20. The van der Waals surface area contributed by atoms with Crippen molar-refractivity contribution in [2.75, 3.05) is 33.2 Å². The highest BCUT2D eigenvalue weighted by molar-refractivity contribution is 4.77. The van der Waals surface area contributed by atoms with Crippen LogP contribution in [0.4, 0.5) is 0 Å². The third-order valence-corrected chi connectivity index (χ3v) is 3.35. The minimum absolute atomic E-state index is 0.960. The van der Waals surface area contributed by atoms with E-state index in [1.165, 1.54) is 51.9 Å². The second-order valence-corrected chi connectivity index (χ2v) is 4.85. The monoisotopic (exact) mass is 182 g/mol. The number of hydrogen-bond acceptors (Lipinski definition) is 2. The Morgan fingerprint density at radius 2 is 2.08 bits per heavy atom. The quantitative estimate of drug-likeness (QED) is 0.690. The first kappa shape index (κ1) is 9.47. The number of rotatable bonds is 5. The Bertz CT molecular complexity index is 148. The van der Waals surface area contributed by atoms with Gasteiger partial charge in [-0.15, -0.1) is 0 Å². The second-order valence-electron chi connectivity index (χ2n) is 4.85. The van der Waals surface area contributed by atoms with Crippen LogP contribution in [-0.2, 0) is 0 Å². The Morgan fingerprint density at radius 1 is 1.23 bits per heavy atom. The number of hydrogen-bond donors (Lipinski definition) is 1. The average molecular weight is 182 g/mol. The summed E-state index contributed by atoms with van der Waals surface area (Å²) in [5, 5.41) is 3.43. The molecule has 0 radical (unpaired) electrons. The molecule has 1 unspecified atom stereocenters. The summed E-state index contributed by atoms with van der Waals surface area (Å²) in [6.45, 7) is 5.16. The number of nitrogens with one attached hydrogen (secondary N) is 1. The molecule has 2 heteroatoms. The van der Waals surface area contributed by atoms with Crippen molar-refractivity contribution in [2.45, 2.75) is 25.7 Å². The van der Waals surface area contributed by atoms with Crippen molar-refractivity contribution in [3.05, 3.63) is 0 Å². The zero-order valence-corrected chi connectivity index (χ0v) is 8.76. The molecule has 1 aliphatic heterocycles. The summed E-state index contributed by atoms with van der Waals surface area (Å²) in [5.74, 6) is 2.01. The normalized spacial score (nSPS) is 28.6. The molecule has 2 nitrogen and oxygen atoms in total. The molecule has 0 bridgehead atoms. The van der Waals surface area contributed by atoms with E-state index in [0.29, 0.717) is 0 Å². The van der Waals surface area contributed by atoms with Crippen LogP contribution in [-0.4, -0.2) is 38.1 Å². The van der Waals surface area contributed by atoms with Crippen molar-refractivity contribution < 1.29 is 0 Å². The molecule has 1 saturated carbocycles. The topological polar surface area (TPSA) is 15.3 Å². The van der Waals surface area contributed by atoms with E-state index >= 15 is 0 Å². The summed E-state index contributed by atoms with van der Waals surface area (Å²) in [5.41, 5.74) is 0. The van der Waals surface area contributed by atoms with Gasteiger partial charge in [-0.05, 0) is 64.2 Å². The maximum Gasteiger partial charge on any atom is 0.000661 e. The van der Waals surface area contributed by atoms with Gasteiger partial charge in [0.2, 0.25) is 0 Å². The van der Waals surface area contributed by atoms with Crippen LogP contribution in [0.5, 0.6) is 0 Å². The molecule has 0 amide bonds. The Kier molecular flexibility index (Phi) is 3.23. The van der Waals surface area contributed by atoms with Gasteiger partial charge in [0.25, 0.3) is 0 Å². The predicted molar refractivity (Wildman–Crippen MR) is 55.8 cm³/mol. The van der Waals surface area contributed by atoms with Crippen molar-refractivity contribution in [1.82, 2.24) is 10.2 Å². The van der Waals surface area contributed by atoms with E-state index in [9.17, 15) is 0 Å². The van der Waals surface area contributed by atoms with Gasteiger partial charge in [-0.2, -0.15) is 0 Å². The molecule has 76 valence electrons. The smallest absolute Gasteiger partial charge is 0.000661 e. The third-order valence-electron chi connectivity index (χ3n) is 3.35. The zero-order chi connectivity index (χ0) is 9.10. The molecule has 0 aromatic carbocycles. The standard InChI is InChI=1S/C11H22N2/c1-13(9-11-2-3-11)7-5-10-4-6-12-8-10/h10-12H,2-9H2,1H3. The lowest BCUT2D eigenvalue weighted by molar-refractivity contribution is 0.294. The number of nitrogens with zero attached hydrogens (tertiary/aromatic N) is 1. The van der Waals surface area contributed by atoms with Crippen LogP contribution in [0.25, 0.3) is 0 Å². The Labute approximate surface area is 81.7 Å². The fourth-order valence-corrected chi connectivity index (χ4v) is 2.20. The van der Waals surface area contributed by atoms with Gasteiger partial charge < -0.3 is 10.2 Å². The van der Waals surface area contributed by atoms with Crippen molar-refractivity contribution in [2.24, 2.45) is 11.8 Å². The SMILES string of the molecule is CN(CCC1CCNC1)CC1CC1. The van der Waals surface area contributed by atoms with Crippen LogP contribution in [0.3, 0.4) is 0 Å². The molecular formula is C11H22N2. The van der Waals surface area contributed by atoms with Crippen LogP contribution < -0.4 is 5.32 Å². The summed E-state index contributed by atoms with van der Waals surface area (Å²) in [6.07, 6.45) is 5.76. The summed E-state index contributed by atoms with van der Waals surface area (Å²) >= 11 is 0. The van der Waals surface area contributed by atoms with E-state index in [4.69, 9.17) is 0 Å². The highest BCUT2D eigenvalue weighted by Gasteiger charge is 2.23. The van der Waals surface area contributed by atoms with Gasteiger partial charge in [0.15, 0.2) is 0 Å². The molecule has 13 heavy (non-hydrogen) atoms. The first-order chi connectivity index (χ1) is 6.34. The van der Waals surface area contributed by atoms with Gasteiger partial charge in [0.05, 0.1) is 0 Å². The average Bonchev–Trinajstić information content (AvgIpc) is 2.78. The lowest BCUT2D eigenvalue weighted by atomic mass is 10.1. The lowest BCUT2D eigenvalue weighted by Gasteiger charge is -2.18. The van der Waals surface area contributed by atoms with E-state index in [2.05, 4.69) is 17.3 Å². The lowest BCUT2D eigenvalue weighted by Crippen LogP contribution is -2.24. The van der Waals surface area contributed by atoms with E-state index in [0.717, 1.165) is 11.8 Å². The maximum absolute atomic E-state index is 3.43. The molecule has 1 aliphatic carbocycles. The van der Waals surface area contributed by atoms with Gasteiger partial charge in [-0.25, -0.2) is 0 Å². The highest BCUT2D eigenvalue weighted by atomic mass is 15.1. The third kappa shape index (κ3) is 3.28. The summed E-state index contributed by atoms with van der Waals surface area (Å²) in [4.78, 5) is 2.52. The fraction of sp³-hybridized carbons (Fsp3) is 1.00. The van der Waals surface area contributed by atoms with Crippen LogP contribution in [0.2, 0.25) is 0 Å². The van der Waals surface area contributed by atoms with E-state index in [1.54, 1.807) is 0 Å². The Morgan fingerprint density at radius 3 is 2.69 bits per heavy atom. The van der Waals surface area contributed by atoms with Crippen molar-refractivity contribution in [3.63, 3.8) is 0 Å². The zero-order valence-electron chi connectivity index (χ0n) is 8.76. The minimum atomic E-state index is 0.960.